The minimum Gasteiger partial charge on any atom is -0.494 e. The molecule has 0 aliphatic rings. The second kappa shape index (κ2) is 9.39. The molecule has 0 heterocycles. The number of ether oxygens (including phenoxy) is 1. The summed E-state index contributed by atoms with van der Waals surface area (Å²) in [4.78, 5) is 0. The molecule has 2 rings (SSSR count). The zero-order chi connectivity index (χ0) is 16.3. The predicted molar refractivity (Wildman–Crippen MR) is 96.4 cm³/mol. The van der Waals surface area contributed by atoms with E-state index in [1.165, 1.54) is 12.0 Å². The lowest BCUT2D eigenvalue weighted by atomic mass is 10.1. The lowest BCUT2D eigenvalue weighted by molar-refractivity contribution is 0.313. The molecule has 0 aliphatic heterocycles. The second-order valence-electron chi connectivity index (χ2n) is 5.38. The van der Waals surface area contributed by atoms with Crippen molar-refractivity contribution in [3.63, 3.8) is 0 Å². The second-order valence-corrected chi connectivity index (χ2v) is 5.38. The molecule has 0 fully saturated rings. The monoisotopic (exact) mass is 302 g/mol. The van der Waals surface area contributed by atoms with Gasteiger partial charge in [-0.2, -0.15) is 0 Å². The van der Waals surface area contributed by atoms with Crippen molar-refractivity contribution in [3.05, 3.63) is 65.2 Å². The van der Waals surface area contributed by atoms with Crippen LogP contribution >= 0.6 is 0 Å². The Morgan fingerprint density at radius 3 is 2.09 bits per heavy atom. The van der Waals surface area contributed by atoms with E-state index in [2.05, 4.69) is 49.0 Å². The quantitative estimate of drug-likeness (QED) is 0.548. The molecule has 0 saturated heterocycles. The van der Waals surface area contributed by atoms with Crippen molar-refractivity contribution >= 4 is 0 Å². The molecule has 2 aromatic carbocycles. The van der Waals surface area contributed by atoms with E-state index in [4.69, 9.17) is 11.2 Å². The molecular formula is C22H22O. The van der Waals surface area contributed by atoms with Crippen LogP contribution in [0.15, 0.2) is 48.5 Å². The summed E-state index contributed by atoms with van der Waals surface area (Å²) >= 11 is 0. The summed E-state index contributed by atoms with van der Waals surface area (Å²) in [6.45, 7) is 2.84. The summed E-state index contributed by atoms with van der Waals surface area (Å²) in [5.74, 6) is 9.85. The predicted octanol–water partition coefficient (Wildman–Crippen LogP) is 4.83. The number of unbranched alkanes of at least 4 members (excludes halogenated alkanes) is 1. The Kier molecular flexibility index (Phi) is 6.83. The maximum atomic E-state index is 5.62. The summed E-state index contributed by atoms with van der Waals surface area (Å²) in [6, 6.07) is 16.3. The lowest BCUT2D eigenvalue weighted by Crippen LogP contribution is -1.96. The zero-order valence-electron chi connectivity index (χ0n) is 13.6. The highest BCUT2D eigenvalue weighted by Crippen LogP contribution is 2.12. The van der Waals surface area contributed by atoms with Gasteiger partial charge in [0.25, 0.3) is 0 Å². The van der Waals surface area contributed by atoms with Crippen LogP contribution in [-0.2, 0) is 6.42 Å². The Morgan fingerprint density at radius 1 is 0.913 bits per heavy atom. The molecule has 2 aromatic rings. The first-order valence-corrected chi connectivity index (χ1v) is 8.09. The van der Waals surface area contributed by atoms with Crippen LogP contribution in [0.1, 0.15) is 42.9 Å². The van der Waals surface area contributed by atoms with Gasteiger partial charge in [-0.25, -0.2) is 0 Å². The summed E-state index contributed by atoms with van der Waals surface area (Å²) in [5, 5.41) is 0. The molecule has 0 aromatic heterocycles. The molecule has 0 amide bonds. The number of hydrogen-bond donors (Lipinski definition) is 0. The van der Waals surface area contributed by atoms with E-state index in [9.17, 15) is 0 Å². The van der Waals surface area contributed by atoms with Gasteiger partial charge in [-0.15, -0.1) is 12.3 Å². The van der Waals surface area contributed by atoms with E-state index in [1.54, 1.807) is 0 Å². The number of benzene rings is 2. The van der Waals surface area contributed by atoms with Gasteiger partial charge >= 0.3 is 0 Å². The standard InChI is InChI=1S/C22H22O/c1-3-5-6-18-23-22-16-14-21(15-17-22)13-12-20-10-8-19(7-4-2)9-11-20/h1,8-11,14-17H,4-7,18H2,2H3. The molecule has 0 aliphatic carbocycles. The minimum atomic E-state index is 0.652. The van der Waals surface area contributed by atoms with Crippen molar-refractivity contribution in [1.82, 2.24) is 0 Å². The van der Waals surface area contributed by atoms with Gasteiger partial charge in [-0.3, -0.25) is 0 Å². The van der Waals surface area contributed by atoms with Crippen molar-refractivity contribution in [2.75, 3.05) is 6.61 Å². The fourth-order valence-corrected chi connectivity index (χ4v) is 2.19. The van der Waals surface area contributed by atoms with Gasteiger partial charge in [-0.05, 0) is 54.8 Å². The third-order valence-corrected chi connectivity index (χ3v) is 3.43. The average molecular weight is 302 g/mol. The number of terminal acetylenes is 1. The highest BCUT2D eigenvalue weighted by molar-refractivity contribution is 5.44. The van der Waals surface area contributed by atoms with E-state index >= 15 is 0 Å². The molecule has 1 nitrogen and oxygen atoms in total. The molecule has 0 unspecified atom stereocenters. The van der Waals surface area contributed by atoms with Gasteiger partial charge in [-0.1, -0.05) is 37.3 Å². The van der Waals surface area contributed by atoms with Crippen molar-refractivity contribution in [2.24, 2.45) is 0 Å². The Balaban J connectivity index is 1.92. The first kappa shape index (κ1) is 16.7. The maximum absolute atomic E-state index is 5.62. The molecule has 0 bridgehead atoms. The minimum absolute atomic E-state index is 0.652. The molecule has 0 spiro atoms. The molecule has 23 heavy (non-hydrogen) atoms. The SMILES string of the molecule is C#CCCCOc1ccc(C#Cc2ccc(CCC)cc2)cc1. The van der Waals surface area contributed by atoms with Crippen LogP contribution in [0.25, 0.3) is 0 Å². The van der Waals surface area contributed by atoms with Crippen molar-refractivity contribution in [2.45, 2.75) is 32.6 Å². The van der Waals surface area contributed by atoms with Crippen molar-refractivity contribution in [3.8, 4) is 29.9 Å². The van der Waals surface area contributed by atoms with E-state index in [0.717, 1.165) is 36.1 Å². The van der Waals surface area contributed by atoms with E-state index in [1.807, 2.05) is 24.3 Å². The summed E-state index contributed by atoms with van der Waals surface area (Å²) in [6.07, 6.45) is 9.13. The van der Waals surface area contributed by atoms with Gasteiger partial charge in [0.2, 0.25) is 0 Å². The van der Waals surface area contributed by atoms with Crippen LogP contribution in [0.4, 0.5) is 0 Å². The third-order valence-electron chi connectivity index (χ3n) is 3.43. The van der Waals surface area contributed by atoms with Crippen molar-refractivity contribution < 1.29 is 4.74 Å². The van der Waals surface area contributed by atoms with E-state index < -0.39 is 0 Å². The van der Waals surface area contributed by atoms with Crippen LogP contribution in [0.5, 0.6) is 5.75 Å². The number of rotatable bonds is 6. The van der Waals surface area contributed by atoms with Gasteiger partial charge in [0.05, 0.1) is 6.61 Å². The fraction of sp³-hybridized carbons (Fsp3) is 0.273. The average Bonchev–Trinajstić information content (AvgIpc) is 2.59. The largest absolute Gasteiger partial charge is 0.494 e. The summed E-state index contributed by atoms with van der Waals surface area (Å²) in [5.41, 5.74) is 3.39. The van der Waals surface area contributed by atoms with Gasteiger partial charge < -0.3 is 4.74 Å². The molecule has 0 saturated carbocycles. The fourth-order valence-electron chi connectivity index (χ4n) is 2.19. The van der Waals surface area contributed by atoms with Gasteiger partial charge in [0.15, 0.2) is 0 Å². The zero-order valence-corrected chi connectivity index (χ0v) is 13.6. The summed E-state index contributed by atoms with van der Waals surface area (Å²) in [7, 11) is 0. The topological polar surface area (TPSA) is 9.23 Å². The molecule has 0 N–H and O–H groups in total. The molecular weight excluding hydrogens is 280 g/mol. The van der Waals surface area contributed by atoms with Crippen LogP contribution in [0.2, 0.25) is 0 Å². The first-order valence-electron chi connectivity index (χ1n) is 8.09. The smallest absolute Gasteiger partial charge is 0.119 e. The number of aryl methyl sites for hydroxylation is 1. The van der Waals surface area contributed by atoms with Crippen molar-refractivity contribution in [1.29, 1.82) is 0 Å². The third kappa shape index (κ3) is 5.93. The lowest BCUT2D eigenvalue weighted by Gasteiger charge is -2.04. The Morgan fingerprint density at radius 2 is 1.52 bits per heavy atom. The van der Waals surface area contributed by atoms with Crippen LogP contribution in [0, 0.1) is 24.2 Å². The molecule has 0 radical (unpaired) electrons. The van der Waals surface area contributed by atoms with E-state index in [-0.39, 0.29) is 0 Å². The highest BCUT2D eigenvalue weighted by atomic mass is 16.5. The molecule has 116 valence electrons. The maximum Gasteiger partial charge on any atom is 0.119 e. The first-order chi connectivity index (χ1) is 11.3. The number of hydrogen-bond acceptors (Lipinski definition) is 1. The van der Waals surface area contributed by atoms with Gasteiger partial charge in [0, 0.05) is 17.5 Å². The summed E-state index contributed by atoms with van der Waals surface area (Å²) < 4.78 is 5.62. The van der Waals surface area contributed by atoms with E-state index in [0.29, 0.717) is 6.61 Å². The van der Waals surface area contributed by atoms with Crippen LogP contribution in [0.3, 0.4) is 0 Å². The van der Waals surface area contributed by atoms with Gasteiger partial charge in [0.1, 0.15) is 5.75 Å². The molecule has 1 heteroatoms. The van der Waals surface area contributed by atoms with Crippen LogP contribution < -0.4 is 4.74 Å². The normalized spacial score (nSPS) is 9.57. The molecule has 0 atom stereocenters. The highest BCUT2D eigenvalue weighted by Gasteiger charge is 1.94. The Labute approximate surface area is 139 Å². The Hall–Kier alpha value is -2.64. The van der Waals surface area contributed by atoms with Crippen LogP contribution in [-0.4, -0.2) is 6.61 Å². The Bertz CT molecular complexity index is 691.